The number of rotatable bonds is 9. The first-order valence-corrected chi connectivity index (χ1v) is 5.09. The third-order valence-electron chi connectivity index (χ3n) is 2.24. The van der Waals surface area contributed by atoms with Crippen LogP contribution in [0.5, 0.6) is 0 Å². The monoisotopic (exact) mass is 219 g/mol. The molecule has 0 heterocycles. The molecule has 0 aromatic rings. The van der Waals surface area contributed by atoms with Gasteiger partial charge < -0.3 is 14.6 Å². The number of ether oxygens (including phenoxy) is 2. The summed E-state index contributed by atoms with van der Waals surface area (Å²) in [4.78, 5) is 12.4. The molecule has 0 rings (SSSR count). The second kappa shape index (κ2) is 8.64. The molecule has 15 heavy (non-hydrogen) atoms. The molecule has 0 aliphatic rings. The molecule has 0 saturated carbocycles. The van der Waals surface area contributed by atoms with Crippen LogP contribution < -0.4 is 0 Å². The lowest BCUT2D eigenvalue weighted by Gasteiger charge is -2.20. The van der Waals surface area contributed by atoms with Gasteiger partial charge in [0.15, 0.2) is 0 Å². The first kappa shape index (κ1) is 14.3. The summed E-state index contributed by atoms with van der Waals surface area (Å²) < 4.78 is 10.2. The molecular weight excluding hydrogens is 198 g/mol. The SMILES string of the molecule is COCCCOCCN(C)C(C)C(=O)O. The van der Waals surface area contributed by atoms with Crippen molar-refractivity contribution in [1.82, 2.24) is 4.90 Å². The maximum Gasteiger partial charge on any atom is 0.320 e. The van der Waals surface area contributed by atoms with Crippen molar-refractivity contribution in [3.63, 3.8) is 0 Å². The Hall–Kier alpha value is -0.650. The molecular formula is C10H21NO4. The Morgan fingerprint density at radius 1 is 1.40 bits per heavy atom. The van der Waals surface area contributed by atoms with Gasteiger partial charge in [-0.2, -0.15) is 0 Å². The zero-order chi connectivity index (χ0) is 11.7. The summed E-state index contributed by atoms with van der Waals surface area (Å²) in [5.74, 6) is -0.808. The molecule has 5 heteroatoms. The van der Waals surface area contributed by atoms with Gasteiger partial charge in [-0.25, -0.2) is 0 Å². The second-order valence-electron chi connectivity index (χ2n) is 3.45. The number of hydrogen-bond acceptors (Lipinski definition) is 4. The van der Waals surface area contributed by atoms with Crippen LogP contribution in [0.1, 0.15) is 13.3 Å². The number of carboxylic acids is 1. The van der Waals surface area contributed by atoms with Crippen molar-refractivity contribution >= 4 is 5.97 Å². The van der Waals surface area contributed by atoms with Crippen LogP contribution in [-0.2, 0) is 14.3 Å². The third kappa shape index (κ3) is 7.30. The molecule has 0 aliphatic heterocycles. The highest BCUT2D eigenvalue weighted by molar-refractivity contribution is 5.72. The van der Waals surface area contributed by atoms with E-state index in [4.69, 9.17) is 14.6 Å². The van der Waals surface area contributed by atoms with Crippen molar-refractivity contribution in [2.24, 2.45) is 0 Å². The lowest BCUT2D eigenvalue weighted by atomic mass is 10.3. The highest BCUT2D eigenvalue weighted by Gasteiger charge is 2.15. The van der Waals surface area contributed by atoms with Gasteiger partial charge in [0.2, 0.25) is 0 Å². The van der Waals surface area contributed by atoms with Gasteiger partial charge in [-0.05, 0) is 20.4 Å². The minimum absolute atomic E-state index is 0.465. The Bertz CT molecular complexity index is 175. The summed E-state index contributed by atoms with van der Waals surface area (Å²) in [6.45, 7) is 4.19. The van der Waals surface area contributed by atoms with E-state index in [0.717, 1.165) is 6.42 Å². The normalized spacial score (nSPS) is 13.1. The molecule has 90 valence electrons. The van der Waals surface area contributed by atoms with E-state index in [-0.39, 0.29) is 0 Å². The number of nitrogens with zero attached hydrogens (tertiary/aromatic N) is 1. The quantitative estimate of drug-likeness (QED) is 0.570. The van der Waals surface area contributed by atoms with E-state index in [0.29, 0.717) is 26.4 Å². The van der Waals surface area contributed by atoms with Crippen LogP contribution in [0.15, 0.2) is 0 Å². The van der Waals surface area contributed by atoms with Gasteiger partial charge in [0.1, 0.15) is 6.04 Å². The molecule has 0 radical (unpaired) electrons. The van der Waals surface area contributed by atoms with Crippen LogP contribution in [0.4, 0.5) is 0 Å². The van der Waals surface area contributed by atoms with E-state index in [2.05, 4.69) is 0 Å². The topological polar surface area (TPSA) is 59.0 Å². The largest absolute Gasteiger partial charge is 0.480 e. The van der Waals surface area contributed by atoms with E-state index >= 15 is 0 Å². The number of hydrogen-bond donors (Lipinski definition) is 1. The van der Waals surface area contributed by atoms with Crippen LogP contribution in [0.3, 0.4) is 0 Å². The molecule has 0 aromatic carbocycles. The van der Waals surface area contributed by atoms with Crippen LogP contribution >= 0.6 is 0 Å². The molecule has 1 atom stereocenters. The fourth-order valence-electron chi connectivity index (χ4n) is 0.998. The molecule has 5 nitrogen and oxygen atoms in total. The number of carboxylic acid groups (broad SMARTS) is 1. The molecule has 0 amide bonds. The number of carbonyl (C=O) groups is 1. The van der Waals surface area contributed by atoms with Gasteiger partial charge >= 0.3 is 5.97 Å². The van der Waals surface area contributed by atoms with Crippen LogP contribution in [-0.4, -0.2) is 62.5 Å². The zero-order valence-electron chi connectivity index (χ0n) is 9.73. The minimum Gasteiger partial charge on any atom is -0.480 e. The molecule has 0 saturated heterocycles. The third-order valence-corrected chi connectivity index (χ3v) is 2.24. The number of methoxy groups -OCH3 is 1. The van der Waals surface area contributed by atoms with Crippen LogP contribution in [0.2, 0.25) is 0 Å². The maximum atomic E-state index is 10.6. The van der Waals surface area contributed by atoms with Crippen molar-refractivity contribution in [2.45, 2.75) is 19.4 Å². The zero-order valence-corrected chi connectivity index (χ0v) is 9.73. The van der Waals surface area contributed by atoms with Crippen molar-refractivity contribution in [3.05, 3.63) is 0 Å². The molecule has 0 fully saturated rings. The Morgan fingerprint density at radius 2 is 2.07 bits per heavy atom. The lowest BCUT2D eigenvalue weighted by Crippen LogP contribution is -2.37. The number of likely N-dealkylation sites (N-methyl/N-ethyl adjacent to an activating group) is 1. The minimum atomic E-state index is -0.808. The Balaban J connectivity index is 3.38. The van der Waals surface area contributed by atoms with Gasteiger partial charge in [0.05, 0.1) is 6.61 Å². The van der Waals surface area contributed by atoms with Gasteiger partial charge in [0, 0.05) is 26.9 Å². The summed E-state index contributed by atoms with van der Waals surface area (Å²) in [7, 11) is 3.43. The predicted octanol–water partition coefficient (Wildman–Crippen LogP) is 0.444. The summed E-state index contributed by atoms with van der Waals surface area (Å²) >= 11 is 0. The average molecular weight is 219 g/mol. The van der Waals surface area contributed by atoms with E-state index in [9.17, 15) is 4.79 Å². The smallest absolute Gasteiger partial charge is 0.320 e. The van der Waals surface area contributed by atoms with Gasteiger partial charge in [-0.1, -0.05) is 0 Å². The standard InChI is InChI=1S/C10H21NO4/c1-9(10(12)13)11(2)5-8-15-7-4-6-14-3/h9H,4-8H2,1-3H3,(H,12,13). The highest BCUT2D eigenvalue weighted by atomic mass is 16.5. The van der Waals surface area contributed by atoms with Gasteiger partial charge in [-0.15, -0.1) is 0 Å². The van der Waals surface area contributed by atoms with Gasteiger partial charge in [0.25, 0.3) is 0 Å². The fraction of sp³-hybridized carbons (Fsp3) is 0.900. The Kier molecular flexibility index (Phi) is 8.27. The van der Waals surface area contributed by atoms with Crippen LogP contribution in [0.25, 0.3) is 0 Å². The average Bonchev–Trinajstić information content (AvgIpc) is 2.21. The molecule has 1 unspecified atom stereocenters. The molecule has 0 bridgehead atoms. The molecule has 0 aliphatic carbocycles. The van der Waals surface area contributed by atoms with Gasteiger partial charge in [-0.3, -0.25) is 9.69 Å². The summed E-state index contributed by atoms with van der Waals surface area (Å²) in [6, 6.07) is -0.465. The number of aliphatic carboxylic acids is 1. The second-order valence-corrected chi connectivity index (χ2v) is 3.45. The summed E-state index contributed by atoms with van der Waals surface area (Å²) in [5, 5.41) is 8.73. The van der Waals surface area contributed by atoms with Crippen molar-refractivity contribution < 1.29 is 19.4 Å². The van der Waals surface area contributed by atoms with E-state index < -0.39 is 12.0 Å². The Labute approximate surface area is 91.0 Å². The van der Waals surface area contributed by atoms with E-state index in [1.165, 1.54) is 0 Å². The van der Waals surface area contributed by atoms with Crippen LogP contribution in [0, 0.1) is 0 Å². The molecule has 0 spiro atoms. The van der Waals surface area contributed by atoms with Crippen molar-refractivity contribution in [2.75, 3.05) is 40.5 Å². The van der Waals surface area contributed by atoms with Crippen molar-refractivity contribution in [3.8, 4) is 0 Å². The van der Waals surface area contributed by atoms with Crippen molar-refractivity contribution in [1.29, 1.82) is 0 Å². The first-order chi connectivity index (χ1) is 7.09. The lowest BCUT2D eigenvalue weighted by molar-refractivity contribution is -0.142. The fourth-order valence-corrected chi connectivity index (χ4v) is 0.998. The Morgan fingerprint density at radius 3 is 2.60 bits per heavy atom. The summed E-state index contributed by atoms with van der Waals surface area (Å²) in [6.07, 6.45) is 0.870. The van der Waals surface area contributed by atoms with E-state index in [1.54, 1.807) is 26.0 Å². The van der Waals surface area contributed by atoms with E-state index in [1.807, 2.05) is 0 Å². The maximum absolute atomic E-state index is 10.6. The molecule has 1 N–H and O–H groups in total. The summed E-state index contributed by atoms with van der Waals surface area (Å²) in [5.41, 5.74) is 0. The molecule has 0 aromatic heterocycles. The highest BCUT2D eigenvalue weighted by Crippen LogP contribution is 1.95. The first-order valence-electron chi connectivity index (χ1n) is 5.09. The predicted molar refractivity (Wildman–Crippen MR) is 57.0 cm³/mol.